The van der Waals surface area contributed by atoms with Crippen LogP contribution < -0.4 is 10.6 Å². The van der Waals surface area contributed by atoms with Gasteiger partial charge in [-0.25, -0.2) is 0 Å². The Morgan fingerprint density at radius 3 is 3.07 bits per heavy atom. The first-order valence-electron chi connectivity index (χ1n) is 6.00. The standard InChI is InChI=1S/C11H21N3O/c1-9-8-14(6-5-12-9)10-3-2-4-13-11(15)7-10/h9-10,12H,2-8H2,1H3,(H,13,15)/t9-,10?/m0/s1. The van der Waals surface area contributed by atoms with Crippen molar-refractivity contribution in [2.45, 2.75) is 38.3 Å². The summed E-state index contributed by atoms with van der Waals surface area (Å²) in [5.74, 6) is 0.226. The van der Waals surface area contributed by atoms with E-state index in [9.17, 15) is 4.79 Å². The summed E-state index contributed by atoms with van der Waals surface area (Å²) < 4.78 is 0. The van der Waals surface area contributed by atoms with Gasteiger partial charge in [-0.3, -0.25) is 9.69 Å². The van der Waals surface area contributed by atoms with Gasteiger partial charge in [-0.2, -0.15) is 0 Å². The molecule has 2 aliphatic rings. The van der Waals surface area contributed by atoms with Crippen LogP contribution >= 0.6 is 0 Å². The Morgan fingerprint density at radius 1 is 1.40 bits per heavy atom. The summed E-state index contributed by atoms with van der Waals surface area (Å²) in [5.41, 5.74) is 0. The van der Waals surface area contributed by atoms with Crippen molar-refractivity contribution in [3.05, 3.63) is 0 Å². The molecule has 1 unspecified atom stereocenters. The fourth-order valence-corrected chi connectivity index (χ4v) is 2.56. The fraction of sp³-hybridized carbons (Fsp3) is 0.909. The monoisotopic (exact) mass is 211 g/mol. The maximum atomic E-state index is 11.5. The van der Waals surface area contributed by atoms with Crippen molar-refractivity contribution in [1.29, 1.82) is 0 Å². The summed E-state index contributed by atoms with van der Waals surface area (Å²) in [6.45, 7) is 6.29. The average Bonchev–Trinajstić information content (AvgIpc) is 2.43. The van der Waals surface area contributed by atoms with E-state index in [2.05, 4.69) is 22.5 Å². The first-order valence-corrected chi connectivity index (χ1v) is 6.00. The zero-order valence-electron chi connectivity index (χ0n) is 9.46. The van der Waals surface area contributed by atoms with Gasteiger partial charge >= 0.3 is 0 Å². The van der Waals surface area contributed by atoms with Crippen LogP contribution in [0.4, 0.5) is 0 Å². The number of carbonyl (C=O) groups is 1. The molecule has 0 aromatic rings. The summed E-state index contributed by atoms with van der Waals surface area (Å²) in [7, 11) is 0. The van der Waals surface area contributed by atoms with E-state index in [0.29, 0.717) is 18.5 Å². The summed E-state index contributed by atoms with van der Waals surface area (Å²) >= 11 is 0. The predicted molar refractivity (Wildman–Crippen MR) is 59.7 cm³/mol. The number of rotatable bonds is 1. The SMILES string of the molecule is C[C@H]1CN(C2CCCNC(=O)C2)CCN1. The minimum atomic E-state index is 0.226. The van der Waals surface area contributed by atoms with Crippen LogP contribution in [0.5, 0.6) is 0 Å². The van der Waals surface area contributed by atoms with Crippen LogP contribution in [0.1, 0.15) is 26.2 Å². The third-order valence-corrected chi connectivity index (χ3v) is 3.37. The highest BCUT2D eigenvalue weighted by atomic mass is 16.1. The van der Waals surface area contributed by atoms with Gasteiger partial charge in [0.05, 0.1) is 0 Å². The van der Waals surface area contributed by atoms with Gasteiger partial charge in [0, 0.05) is 44.7 Å². The minimum Gasteiger partial charge on any atom is -0.356 e. The molecule has 4 heteroatoms. The van der Waals surface area contributed by atoms with Gasteiger partial charge in [0.25, 0.3) is 0 Å². The van der Waals surface area contributed by atoms with Crippen molar-refractivity contribution in [2.24, 2.45) is 0 Å². The van der Waals surface area contributed by atoms with Crippen LogP contribution in [-0.4, -0.2) is 49.1 Å². The highest BCUT2D eigenvalue weighted by Gasteiger charge is 2.26. The molecule has 0 aromatic heterocycles. The second-order valence-electron chi connectivity index (χ2n) is 4.70. The summed E-state index contributed by atoms with van der Waals surface area (Å²) in [6, 6.07) is 1.03. The molecule has 2 aliphatic heterocycles. The maximum absolute atomic E-state index is 11.5. The Kier molecular flexibility index (Phi) is 3.59. The van der Waals surface area contributed by atoms with Crippen LogP contribution in [0, 0.1) is 0 Å². The van der Waals surface area contributed by atoms with Gasteiger partial charge in [-0.05, 0) is 19.8 Å². The Morgan fingerprint density at radius 2 is 2.27 bits per heavy atom. The highest BCUT2D eigenvalue weighted by molar-refractivity contribution is 5.76. The lowest BCUT2D eigenvalue weighted by Crippen LogP contribution is -2.53. The van der Waals surface area contributed by atoms with Crippen molar-refractivity contribution in [3.63, 3.8) is 0 Å². The van der Waals surface area contributed by atoms with E-state index in [1.165, 1.54) is 0 Å². The lowest BCUT2D eigenvalue weighted by molar-refractivity contribution is -0.121. The van der Waals surface area contributed by atoms with E-state index in [4.69, 9.17) is 0 Å². The van der Waals surface area contributed by atoms with Crippen molar-refractivity contribution in [3.8, 4) is 0 Å². The zero-order valence-corrected chi connectivity index (χ0v) is 9.46. The fourth-order valence-electron chi connectivity index (χ4n) is 2.56. The summed E-state index contributed by atoms with van der Waals surface area (Å²) in [5, 5.41) is 6.38. The molecule has 0 bridgehead atoms. The molecule has 15 heavy (non-hydrogen) atoms. The predicted octanol–water partition coefficient (Wildman–Crippen LogP) is -0.0512. The molecule has 2 saturated heterocycles. The molecule has 1 amide bonds. The quantitative estimate of drug-likeness (QED) is 0.639. The Balaban J connectivity index is 1.92. The number of piperazine rings is 1. The number of nitrogens with one attached hydrogen (secondary N) is 2. The van der Waals surface area contributed by atoms with Crippen LogP contribution in [0.15, 0.2) is 0 Å². The van der Waals surface area contributed by atoms with E-state index in [1.807, 2.05) is 0 Å². The van der Waals surface area contributed by atoms with Gasteiger partial charge < -0.3 is 10.6 Å². The molecule has 2 heterocycles. The highest BCUT2D eigenvalue weighted by Crippen LogP contribution is 2.15. The van der Waals surface area contributed by atoms with Crippen molar-refractivity contribution >= 4 is 5.91 Å². The van der Waals surface area contributed by atoms with Gasteiger partial charge in [0.15, 0.2) is 0 Å². The molecule has 86 valence electrons. The molecule has 0 spiro atoms. The van der Waals surface area contributed by atoms with Crippen LogP contribution in [0.2, 0.25) is 0 Å². The zero-order chi connectivity index (χ0) is 10.7. The van der Waals surface area contributed by atoms with Crippen molar-refractivity contribution < 1.29 is 4.79 Å². The van der Waals surface area contributed by atoms with Gasteiger partial charge in [-0.1, -0.05) is 0 Å². The lowest BCUT2D eigenvalue weighted by Gasteiger charge is -2.37. The number of carbonyl (C=O) groups excluding carboxylic acids is 1. The third-order valence-electron chi connectivity index (χ3n) is 3.37. The molecule has 2 N–H and O–H groups in total. The van der Waals surface area contributed by atoms with Gasteiger partial charge in [0.1, 0.15) is 0 Å². The Bertz CT molecular complexity index is 232. The molecular weight excluding hydrogens is 190 g/mol. The molecule has 0 aromatic carbocycles. The lowest BCUT2D eigenvalue weighted by atomic mass is 10.1. The molecule has 2 fully saturated rings. The summed E-state index contributed by atoms with van der Waals surface area (Å²) in [4.78, 5) is 13.9. The minimum absolute atomic E-state index is 0.226. The molecular formula is C11H21N3O. The molecule has 2 rings (SSSR count). The average molecular weight is 211 g/mol. The van der Waals surface area contributed by atoms with E-state index >= 15 is 0 Å². The van der Waals surface area contributed by atoms with Crippen molar-refractivity contribution in [1.82, 2.24) is 15.5 Å². The second kappa shape index (κ2) is 4.94. The van der Waals surface area contributed by atoms with Crippen LogP contribution in [0.25, 0.3) is 0 Å². The van der Waals surface area contributed by atoms with Crippen LogP contribution in [0.3, 0.4) is 0 Å². The third kappa shape index (κ3) is 2.92. The number of nitrogens with zero attached hydrogens (tertiary/aromatic N) is 1. The number of hydrogen-bond donors (Lipinski definition) is 2. The molecule has 0 radical (unpaired) electrons. The van der Waals surface area contributed by atoms with Crippen molar-refractivity contribution in [2.75, 3.05) is 26.2 Å². The van der Waals surface area contributed by atoms with Crippen LogP contribution in [-0.2, 0) is 4.79 Å². The first-order chi connectivity index (χ1) is 7.25. The molecule has 4 nitrogen and oxygen atoms in total. The van der Waals surface area contributed by atoms with E-state index in [0.717, 1.165) is 39.0 Å². The van der Waals surface area contributed by atoms with E-state index in [-0.39, 0.29) is 5.91 Å². The molecule has 0 saturated carbocycles. The topological polar surface area (TPSA) is 44.4 Å². The molecule has 0 aliphatic carbocycles. The Hall–Kier alpha value is -0.610. The maximum Gasteiger partial charge on any atom is 0.221 e. The van der Waals surface area contributed by atoms with E-state index in [1.54, 1.807) is 0 Å². The van der Waals surface area contributed by atoms with Gasteiger partial charge in [0.2, 0.25) is 5.91 Å². The largest absolute Gasteiger partial charge is 0.356 e. The number of amides is 1. The first kappa shape index (κ1) is 10.9. The normalized spacial score (nSPS) is 34.6. The number of hydrogen-bond acceptors (Lipinski definition) is 3. The Labute approximate surface area is 91.4 Å². The molecule has 2 atom stereocenters. The van der Waals surface area contributed by atoms with Gasteiger partial charge in [-0.15, -0.1) is 0 Å². The summed E-state index contributed by atoms with van der Waals surface area (Å²) in [6.07, 6.45) is 2.97. The van der Waals surface area contributed by atoms with E-state index < -0.39 is 0 Å². The smallest absolute Gasteiger partial charge is 0.221 e. The second-order valence-corrected chi connectivity index (χ2v) is 4.70.